The van der Waals surface area contributed by atoms with Crippen molar-refractivity contribution in [2.45, 2.75) is 39.0 Å². The molecule has 0 aromatic heterocycles. The lowest BCUT2D eigenvalue weighted by Gasteiger charge is -2.36. The van der Waals surface area contributed by atoms with Crippen LogP contribution in [0.4, 0.5) is 15.8 Å². The van der Waals surface area contributed by atoms with Crippen LogP contribution in [0, 0.1) is 5.82 Å². The predicted octanol–water partition coefficient (Wildman–Crippen LogP) is 4.24. The Bertz CT molecular complexity index is 829. The van der Waals surface area contributed by atoms with Crippen LogP contribution in [0.25, 0.3) is 0 Å². The molecule has 2 amide bonds. The fourth-order valence-electron chi connectivity index (χ4n) is 3.62. The summed E-state index contributed by atoms with van der Waals surface area (Å²) in [5.41, 5.74) is 2.73. The summed E-state index contributed by atoms with van der Waals surface area (Å²) in [5.74, 6) is -0.159. The van der Waals surface area contributed by atoms with E-state index in [2.05, 4.69) is 17.1 Å². The standard InChI is InChI=1S/C24H30FN3O2/c1-2-3-4-5-23(29)26-21-10-12-22(13-11-21)27-14-16-28(17-15-27)24(30)18-19-6-8-20(25)9-7-19/h6-13H,2-5,14-18H2,1H3,(H,26,29). The van der Waals surface area contributed by atoms with Crippen molar-refractivity contribution in [1.82, 2.24) is 4.90 Å². The van der Waals surface area contributed by atoms with E-state index in [4.69, 9.17) is 0 Å². The van der Waals surface area contributed by atoms with E-state index in [0.717, 1.165) is 49.3 Å². The summed E-state index contributed by atoms with van der Waals surface area (Å²) in [7, 11) is 0. The van der Waals surface area contributed by atoms with Gasteiger partial charge in [0.1, 0.15) is 5.82 Å². The Morgan fingerprint density at radius 2 is 1.60 bits per heavy atom. The summed E-state index contributed by atoms with van der Waals surface area (Å²) in [6.45, 7) is 4.97. The number of halogens is 1. The van der Waals surface area contributed by atoms with E-state index in [9.17, 15) is 14.0 Å². The molecule has 1 heterocycles. The minimum Gasteiger partial charge on any atom is -0.368 e. The molecule has 30 heavy (non-hydrogen) atoms. The molecule has 0 spiro atoms. The number of piperazine rings is 1. The van der Waals surface area contributed by atoms with Crippen LogP contribution in [0.3, 0.4) is 0 Å². The molecule has 160 valence electrons. The summed E-state index contributed by atoms with van der Waals surface area (Å²) < 4.78 is 13.0. The van der Waals surface area contributed by atoms with Gasteiger partial charge in [0.2, 0.25) is 11.8 Å². The molecule has 0 bridgehead atoms. The summed E-state index contributed by atoms with van der Waals surface area (Å²) >= 11 is 0. The largest absolute Gasteiger partial charge is 0.368 e. The lowest BCUT2D eigenvalue weighted by molar-refractivity contribution is -0.130. The molecule has 1 saturated heterocycles. The third-order valence-electron chi connectivity index (χ3n) is 5.42. The van der Waals surface area contributed by atoms with Gasteiger partial charge >= 0.3 is 0 Å². The highest BCUT2D eigenvalue weighted by Crippen LogP contribution is 2.20. The van der Waals surface area contributed by atoms with Crippen molar-refractivity contribution < 1.29 is 14.0 Å². The van der Waals surface area contributed by atoms with Crippen LogP contribution in [0.5, 0.6) is 0 Å². The summed E-state index contributed by atoms with van der Waals surface area (Å²) in [5, 5.41) is 2.95. The Morgan fingerprint density at radius 1 is 0.933 bits per heavy atom. The van der Waals surface area contributed by atoms with E-state index in [0.29, 0.717) is 25.9 Å². The molecule has 0 unspecified atom stereocenters. The number of carbonyl (C=O) groups excluding carboxylic acids is 2. The Balaban J connectivity index is 1.45. The maximum Gasteiger partial charge on any atom is 0.227 e. The van der Waals surface area contributed by atoms with E-state index < -0.39 is 0 Å². The van der Waals surface area contributed by atoms with Crippen molar-refractivity contribution in [2.75, 3.05) is 36.4 Å². The van der Waals surface area contributed by atoms with Crippen molar-refractivity contribution in [3.63, 3.8) is 0 Å². The highest BCUT2D eigenvalue weighted by Gasteiger charge is 2.21. The van der Waals surface area contributed by atoms with Crippen LogP contribution in [0.2, 0.25) is 0 Å². The normalized spacial score (nSPS) is 13.9. The van der Waals surface area contributed by atoms with Crippen LogP contribution in [0.1, 0.15) is 38.2 Å². The average molecular weight is 412 g/mol. The molecule has 1 fully saturated rings. The van der Waals surface area contributed by atoms with Crippen LogP contribution in [0.15, 0.2) is 48.5 Å². The van der Waals surface area contributed by atoms with Crippen LogP contribution in [-0.4, -0.2) is 42.9 Å². The van der Waals surface area contributed by atoms with Crippen molar-refractivity contribution >= 4 is 23.2 Å². The second-order valence-corrected chi connectivity index (χ2v) is 7.72. The molecular formula is C24H30FN3O2. The molecular weight excluding hydrogens is 381 g/mol. The molecule has 0 atom stereocenters. The molecule has 1 aliphatic rings. The second kappa shape index (κ2) is 10.8. The third-order valence-corrected chi connectivity index (χ3v) is 5.42. The van der Waals surface area contributed by atoms with Gasteiger partial charge in [-0.05, 0) is 48.4 Å². The van der Waals surface area contributed by atoms with E-state index in [1.54, 1.807) is 12.1 Å². The highest BCUT2D eigenvalue weighted by molar-refractivity contribution is 5.90. The number of amides is 2. The molecule has 0 radical (unpaired) electrons. The van der Waals surface area contributed by atoms with E-state index in [1.165, 1.54) is 12.1 Å². The molecule has 2 aromatic rings. The van der Waals surface area contributed by atoms with Gasteiger partial charge in [0.05, 0.1) is 6.42 Å². The van der Waals surface area contributed by atoms with Crippen molar-refractivity contribution in [1.29, 1.82) is 0 Å². The van der Waals surface area contributed by atoms with Gasteiger partial charge in [0.15, 0.2) is 0 Å². The smallest absolute Gasteiger partial charge is 0.227 e. The Morgan fingerprint density at radius 3 is 2.23 bits per heavy atom. The number of carbonyl (C=O) groups is 2. The minimum atomic E-state index is -0.290. The van der Waals surface area contributed by atoms with Gasteiger partial charge in [0, 0.05) is 44.0 Å². The number of rotatable bonds is 8. The van der Waals surface area contributed by atoms with Gasteiger partial charge in [-0.1, -0.05) is 31.9 Å². The highest BCUT2D eigenvalue weighted by atomic mass is 19.1. The first kappa shape index (κ1) is 21.8. The topological polar surface area (TPSA) is 52.7 Å². The van der Waals surface area contributed by atoms with Crippen LogP contribution < -0.4 is 10.2 Å². The SMILES string of the molecule is CCCCCC(=O)Nc1ccc(N2CCN(C(=O)Cc3ccc(F)cc3)CC2)cc1. The fraction of sp³-hybridized carbons (Fsp3) is 0.417. The quantitative estimate of drug-likeness (QED) is 0.661. The maximum atomic E-state index is 13.0. The Labute approximate surface area is 177 Å². The molecule has 5 nitrogen and oxygen atoms in total. The summed E-state index contributed by atoms with van der Waals surface area (Å²) in [6.07, 6.45) is 3.96. The van der Waals surface area contributed by atoms with Gasteiger partial charge in [-0.3, -0.25) is 9.59 Å². The van der Waals surface area contributed by atoms with E-state index in [1.807, 2.05) is 29.2 Å². The summed E-state index contributed by atoms with van der Waals surface area (Å²) in [6, 6.07) is 14.0. The first-order valence-electron chi connectivity index (χ1n) is 10.7. The Kier molecular flexibility index (Phi) is 7.82. The number of benzene rings is 2. The number of nitrogens with zero attached hydrogens (tertiary/aromatic N) is 2. The van der Waals surface area contributed by atoms with Gasteiger partial charge in [-0.15, -0.1) is 0 Å². The number of hydrogen-bond donors (Lipinski definition) is 1. The van der Waals surface area contributed by atoms with Crippen molar-refractivity contribution in [3.8, 4) is 0 Å². The van der Waals surface area contributed by atoms with E-state index >= 15 is 0 Å². The molecule has 6 heteroatoms. The maximum absolute atomic E-state index is 13.0. The molecule has 1 aliphatic heterocycles. The average Bonchev–Trinajstić information content (AvgIpc) is 2.76. The van der Waals surface area contributed by atoms with Crippen LogP contribution >= 0.6 is 0 Å². The predicted molar refractivity (Wildman–Crippen MR) is 118 cm³/mol. The second-order valence-electron chi connectivity index (χ2n) is 7.72. The van der Waals surface area contributed by atoms with Gasteiger partial charge < -0.3 is 15.1 Å². The molecule has 1 N–H and O–H groups in total. The molecule has 0 saturated carbocycles. The number of nitrogens with one attached hydrogen (secondary N) is 1. The zero-order chi connectivity index (χ0) is 21.3. The minimum absolute atomic E-state index is 0.0597. The fourth-order valence-corrected chi connectivity index (χ4v) is 3.62. The number of hydrogen-bond acceptors (Lipinski definition) is 3. The Hall–Kier alpha value is -2.89. The first-order chi connectivity index (χ1) is 14.5. The van der Waals surface area contributed by atoms with Gasteiger partial charge in [0.25, 0.3) is 0 Å². The van der Waals surface area contributed by atoms with Gasteiger partial charge in [-0.25, -0.2) is 4.39 Å². The number of anilines is 2. The third kappa shape index (κ3) is 6.31. The monoisotopic (exact) mass is 411 g/mol. The van der Waals surface area contributed by atoms with Crippen molar-refractivity contribution in [3.05, 3.63) is 59.9 Å². The summed E-state index contributed by atoms with van der Waals surface area (Å²) in [4.78, 5) is 28.6. The first-order valence-corrected chi connectivity index (χ1v) is 10.7. The number of unbranched alkanes of at least 4 members (excludes halogenated alkanes) is 2. The van der Waals surface area contributed by atoms with Gasteiger partial charge in [-0.2, -0.15) is 0 Å². The molecule has 3 rings (SSSR count). The zero-order valence-corrected chi connectivity index (χ0v) is 17.6. The molecule has 2 aromatic carbocycles. The van der Waals surface area contributed by atoms with Crippen molar-refractivity contribution in [2.24, 2.45) is 0 Å². The molecule has 0 aliphatic carbocycles. The van der Waals surface area contributed by atoms with Crippen LogP contribution in [-0.2, 0) is 16.0 Å². The lowest BCUT2D eigenvalue weighted by Crippen LogP contribution is -2.49. The zero-order valence-electron chi connectivity index (χ0n) is 17.6. The van der Waals surface area contributed by atoms with E-state index in [-0.39, 0.29) is 17.6 Å². The lowest BCUT2D eigenvalue weighted by atomic mass is 10.1.